The summed E-state index contributed by atoms with van der Waals surface area (Å²) in [6.07, 6.45) is 8.35. The fourth-order valence-electron chi connectivity index (χ4n) is 2.29. The van der Waals surface area contributed by atoms with Gasteiger partial charge < -0.3 is 19.9 Å². The third-order valence-electron chi connectivity index (χ3n) is 3.48. The van der Waals surface area contributed by atoms with Crippen LogP contribution in [0.1, 0.15) is 51.9 Å². The van der Waals surface area contributed by atoms with Crippen molar-refractivity contribution in [2.24, 2.45) is 0 Å². The van der Waals surface area contributed by atoms with Gasteiger partial charge in [-0.15, -0.1) is 0 Å². The summed E-state index contributed by atoms with van der Waals surface area (Å²) in [5, 5.41) is 13.0. The lowest BCUT2D eigenvalue weighted by Gasteiger charge is -2.23. The molecule has 0 radical (unpaired) electrons. The summed E-state index contributed by atoms with van der Waals surface area (Å²) in [5.74, 6) is 0. The molecule has 0 aromatic rings. The van der Waals surface area contributed by atoms with Crippen molar-refractivity contribution >= 4 is 0 Å². The molecule has 0 spiro atoms. The topological polar surface area (TPSA) is 50.7 Å². The molecule has 0 aliphatic carbocycles. The largest absolute Gasteiger partial charge is 0.389 e. The Balaban J connectivity index is 1.85. The van der Waals surface area contributed by atoms with Crippen LogP contribution in [0, 0.1) is 0 Å². The fourth-order valence-corrected chi connectivity index (χ4v) is 2.29. The number of rotatable bonds is 11. The zero-order valence-corrected chi connectivity index (χ0v) is 12.4. The van der Waals surface area contributed by atoms with Crippen molar-refractivity contribution in [1.82, 2.24) is 5.32 Å². The van der Waals surface area contributed by atoms with E-state index in [1.54, 1.807) is 0 Å². The van der Waals surface area contributed by atoms with Gasteiger partial charge in [-0.1, -0.05) is 26.2 Å². The Labute approximate surface area is 117 Å². The first-order chi connectivity index (χ1) is 9.33. The van der Waals surface area contributed by atoms with E-state index in [9.17, 15) is 5.11 Å². The Hall–Kier alpha value is -0.160. The SMILES string of the molecule is CCCCCCOCC(O)CNCC1CCCCO1. The highest BCUT2D eigenvalue weighted by Gasteiger charge is 2.13. The highest BCUT2D eigenvalue weighted by Crippen LogP contribution is 2.11. The summed E-state index contributed by atoms with van der Waals surface area (Å²) in [5.41, 5.74) is 0. The van der Waals surface area contributed by atoms with Gasteiger partial charge in [-0.2, -0.15) is 0 Å². The number of nitrogens with one attached hydrogen (secondary N) is 1. The summed E-state index contributed by atoms with van der Waals surface area (Å²) in [6.45, 7) is 5.72. The molecule has 0 bridgehead atoms. The Morgan fingerprint density at radius 1 is 1.32 bits per heavy atom. The van der Waals surface area contributed by atoms with Gasteiger partial charge in [-0.25, -0.2) is 0 Å². The van der Waals surface area contributed by atoms with E-state index in [1.807, 2.05) is 0 Å². The van der Waals surface area contributed by atoms with Crippen LogP contribution in [0.4, 0.5) is 0 Å². The van der Waals surface area contributed by atoms with Gasteiger partial charge in [0, 0.05) is 26.3 Å². The Morgan fingerprint density at radius 2 is 2.21 bits per heavy atom. The highest BCUT2D eigenvalue weighted by molar-refractivity contribution is 4.68. The van der Waals surface area contributed by atoms with Crippen LogP contribution in [-0.2, 0) is 9.47 Å². The number of ether oxygens (including phenoxy) is 2. The summed E-state index contributed by atoms with van der Waals surface area (Å²) in [4.78, 5) is 0. The summed E-state index contributed by atoms with van der Waals surface area (Å²) in [6, 6.07) is 0. The van der Waals surface area contributed by atoms with Crippen LogP contribution in [0.3, 0.4) is 0 Å². The van der Waals surface area contributed by atoms with E-state index in [4.69, 9.17) is 9.47 Å². The van der Waals surface area contributed by atoms with Gasteiger partial charge in [0.1, 0.15) is 0 Å². The maximum atomic E-state index is 9.75. The molecule has 0 amide bonds. The molecule has 0 saturated carbocycles. The van der Waals surface area contributed by atoms with Gasteiger partial charge in [0.2, 0.25) is 0 Å². The fraction of sp³-hybridized carbons (Fsp3) is 1.00. The van der Waals surface area contributed by atoms with Crippen LogP contribution in [0.5, 0.6) is 0 Å². The number of unbranched alkanes of at least 4 members (excludes halogenated alkanes) is 3. The molecule has 114 valence electrons. The maximum Gasteiger partial charge on any atom is 0.0897 e. The summed E-state index contributed by atoms with van der Waals surface area (Å²) < 4.78 is 11.1. The lowest BCUT2D eigenvalue weighted by atomic mass is 10.1. The lowest BCUT2D eigenvalue weighted by Crippen LogP contribution is -2.37. The van der Waals surface area contributed by atoms with Crippen LogP contribution >= 0.6 is 0 Å². The van der Waals surface area contributed by atoms with Crippen LogP contribution in [0.25, 0.3) is 0 Å². The van der Waals surface area contributed by atoms with E-state index >= 15 is 0 Å². The molecule has 1 saturated heterocycles. The van der Waals surface area contributed by atoms with Gasteiger partial charge in [-0.3, -0.25) is 0 Å². The number of aliphatic hydroxyl groups excluding tert-OH is 1. The van der Waals surface area contributed by atoms with Crippen molar-refractivity contribution in [3.63, 3.8) is 0 Å². The van der Waals surface area contributed by atoms with E-state index < -0.39 is 6.10 Å². The Morgan fingerprint density at radius 3 is 2.95 bits per heavy atom. The van der Waals surface area contributed by atoms with E-state index in [0.717, 1.165) is 32.6 Å². The van der Waals surface area contributed by atoms with Gasteiger partial charge in [0.25, 0.3) is 0 Å². The first kappa shape index (κ1) is 16.9. The zero-order chi connectivity index (χ0) is 13.8. The predicted molar refractivity (Wildman–Crippen MR) is 77.4 cm³/mol. The molecule has 0 aromatic heterocycles. The maximum absolute atomic E-state index is 9.75. The zero-order valence-electron chi connectivity index (χ0n) is 12.4. The Kier molecular flexibility index (Phi) is 10.4. The highest BCUT2D eigenvalue weighted by atomic mass is 16.5. The third kappa shape index (κ3) is 9.38. The van der Waals surface area contributed by atoms with E-state index in [2.05, 4.69) is 12.2 Å². The smallest absolute Gasteiger partial charge is 0.0897 e. The van der Waals surface area contributed by atoms with E-state index in [1.165, 1.54) is 32.1 Å². The van der Waals surface area contributed by atoms with Crippen molar-refractivity contribution < 1.29 is 14.6 Å². The molecular formula is C15H31NO3. The third-order valence-corrected chi connectivity index (χ3v) is 3.48. The van der Waals surface area contributed by atoms with Crippen molar-refractivity contribution in [2.75, 3.05) is 32.9 Å². The predicted octanol–water partition coefficient (Wildman–Crippen LogP) is 2.10. The van der Waals surface area contributed by atoms with Crippen LogP contribution in [0.15, 0.2) is 0 Å². The summed E-state index contributed by atoms with van der Waals surface area (Å²) >= 11 is 0. The minimum absolute atomic E-state index is 0.330. The molecule has 1 rings (SSSR count). The minimum atomic E-state index is -0.408. The molecule has 2 atom stereocenters. The Bertz CT molecular complexity index is 196. The quantitative estimate of drug-likeness (QED) is 0.566. The monoisotopic (exact) mass is 273 g/mol. The van der Waals surface area contributed by atoms with Crippen molar-refractivity contribution in [1.29, 1.82) is 0 Å². The van der Waals surface area contributed by atoms with Crippen LogP contribution in [-0.4, -0.2) is 50.2 Å². The second kappa shape index (κ2) is 11.6. The molecule has 4 nitrogen and oxygen atoms in total. The van der Waals surface area contributed by atoms with Crippen molar-refractivity contribution in [3.8, 4) is 0 Å². The van der Waals surface area contributed by atoms with E-state index in [-0.39, 0.29) is 0 Å². The minimum Gasteiger partial charge on any atom is -0.389 e. The second-order valence-electron chi connectivity index (χ2n) is 5.44. The molecule has 19 heavy (non-hydrogen) atoms. The molecule has 1 aliphatic rings. The molecule has 1 aliphatic heterocycles. The van der Waals surface area contributed by atoms with Gasteiger partial charge in [-0.05, 0) is 25.7 Å². The lowest BCUT2D eigenvalue weighted by molar-refractivity contribution is 0.00920. The number of aliphatic hydroxyl groups is 1. The van der Waals surface area contributed by atoms with Crippen LogP contribution < -0.4 is 5.32 Å². The average molecular weight is 273 g/mol. The normalized spacial score (nSPS) is 21.5. The number of hydrogen-bond donors (Lipinski definition) is 2. The molecule has 4 heteroatoms. The molecule has 0 aromatic carbocycles. The van der Waals surface area contributed by atoms with Crippen molar-refractivity contribution in [3.05, 3.63) is 0 Å². The molecule has 2 unspecified atom stereocenters. The molecule has 1 fully saturated rings. The first-order valence-corrected chi connectivity index (χ1v) is 7.91. The molecule has 1 heterocycles. The summed E-state index contributed by atoms with van der Waals surface area (Å²) in [7, 11) is 0. The molecule has 2 N–H and O–H groups in total. The number of hydrogen-bond acceptors (Lipinski definition) is 4. The standard InChI is InChI=1S/C15H31NO3/c1-2-3-4-6-9-18-13-14(17)11-16-12-15-8-5-7-10-19-15/h14-17H,2-13H2,1H3. The van der Waals surface area contributed by atoms with Gasteiger partial charge in [0.05, 0.1) is 18.8 Å². The second-order valence-corrected chi connectivity index (χ2v) is 5.44. The molecular weight excluding hydrogens is 242 g/mol. The van der Waals surface area contributed by atoms with Gasteiger partial charge >= 0.3 is 0 Å². The van der Waals surface area contributed by atoms with E-state index in [0.29, 0.717) is 19.3 Å². The first-order valence-electron chi connectivity index (χ1n) is 7.91. The average Bonchev–Trinajstić information content (AvgIpc) is 2.44. The van der Waals surface area contributed by atoms with Crippen LogP contribution in [0.2, 0.25) is 0 Å². The van der Waals surface area contributed by atoms with Crippen molar-refractivity contribution in [2.45, 2.75) is 64.1 Å². The van der Waals surface area contributed by atoms with Gasteiger partial charge in [0.15, 0.2) is 0 Å².